The number of hydrogen-bond acceptors (Lipinski definition) is 3. The number of carboxylic acid groups (broad SMARTS) is 2. The molecular formula is C11H6Cl2N2O5. The van der Waals surface area contributed by atoms with Crippen LogP contribution in [0.25, 0.3) is 10.9 Å². The molecule has 0 unspecified atom stereocenters. The van der Waals surface area contributed by atoms with Crippen LogP contribution in [-0.4, -0.2) is 33.0 Å². The fourth-order valence-corrected chi connectivity index (χ4v) is 2.29. The van der Waals surface area contributed by atoms with Gasteiger partial charge in [-0.1, -0.05) is 23.2 Å². The standard InChI is InChI=1S/C11H6Cl2N2O5/c12-3-1-4(13)6-5(2-3)14-8(10(17)18)7(6)15-9(16)11(19)20/h1-2,14H,(H,15,16)(H,17,18)(H,19,20). The van der Waals surface area contributed by atoms with Crippen molar-refractivity contribution in [2.24, 2.45) is 0 Å². The number of halogens is 2. The molecule has 0 bridgehead atoms. The van der Waals surface area contributed by atoms with E-state index in [4.69, 9.17) is 33.4 Å². The lowest BCUT2D eigenvalue weighted by atomic mass is 10.2. The monoisotopic (exact) mass is 316 g/mol. The Bertz CT molecular complexity index is 753. The molecule has 4 N–H and O–H groups in total. The summed E-state index contributed by atoms with van der Waals surface area (Å²) in [6.07, 6.45) is 0. The van der Waals surface area contributed by atoms with E-state index in [1.807, 2.05) is 5.32 Å². The number of carbonyl (C=O) groups is 3. The summed E-state index contributed by atoms with van der Waals surface area (Å²) in [4.78, 5) is 35.4. The first-order chi connectivity index (χ1) is 9.31. The van der Waals surface area contributed by atoms with Gasteiger partial charge in [0, 0.05) is 10.4 Å². The molecule has 2 aromatic rings. The van der Waals surface area contributed by atoms with Gasteiger partial charge in [0.2, 0.25) is 0 Å². The minimum Gasteiger partial charge on any atom is -0.477 e. The first kappa shape index (κ1) is 14.2. The normalized spacial score (nSPS) is 10.5. The fourth-order valence-electron chi connectivity index (χ4n) is 1.70. The van der Waals surface area contributed by atoms with Crippen molar-refractivity contribution in [3.8, 4) is 0 Å². The number of aromatic carboxylic acids is 1. The number of aromatic nitrogens is 1. The number of carboxylic acids is 2. The first-order valence-electron chi connectivity index (χ1n) is 5.09. The van der Waals surface area contributed by atoms with Gasteiger partial charge < -0.3 is 20.5 Å². The number of anilines is 1. The molecule has 104 valence electrons. The Balaban J connectivity index is 2.71. The molecule has 1 aromatic carbocycles. The van der Waals surface area contributed by atoms with Gasteiger partial charge in [-0.05, 0) is 12.1 Å². The predicted molar refractivity (Wildman–Crippen MR) is 71.5 cm³/mol. The Kier molecular flexibility index (Phi) is 3.56. The van der Waals surface area contributed by atoms with E-state index < -0.39 is 23.5 Å². The second-order valence-corrected chi connectivity index (χ2v) is 4.59. The lowest BCUT2D eigenvalue weighted by Gasteiger charge is -2.03. The number of H-pyrrole nitrogens is 1. The van der Waals surface area contributed by atoms with Gasteiger partial charge in [0.1, 0.15) is 5.69 Å². The van der Waals surface area contributed by atoms with Gasteiger partial charge in [0.15, 0.2) is 0 Å². The lowest BCUT2D eigenvalue weighted by Crippen LogP contribution is -2.22. The third-order valence-corrected chi connectivity index (χ3v) is 2.98. The highest BCUT2D eigenvalue weighted by atomic mass is 35.5. The summed E-state index contributed by atoms with van der Waals surface area (Å²) in [5.41, 5.74) is -0.346. The van der Waals surface area contributed by atoms with Crippen molar-refractivity contribution in [1.29, 1.82) is 0 Å². The van der Waals surface area contributed by atoms with Crippen LogP contribution in [0.15, 0.2) is 12.1 Å². The molecular weight excluding hydrogens is 311 g/mol. The number of fused-ring (bicyclic) bond motifs is 1. The van der Waals surface area contributed by atoms with Crippen molar-refractivity contribution in [3.05, 3.63) is 27.9 Å². The minimum atomic E-state index is -1.75. The maximum atomic E-state index is 11.2. The fraction of sp³-hybridized carbons (Fsp3) is 0. The topological polar surface area (TPSA) is 119 Å². The van der Waals surface area contributed by atoms with Gasteiger partial charge in [-0.3, -0.25) is 4.79 Å². The zero-order valence-electron chi connectivity index (χ0n) is 9.53. The highest BCUT2D eigenvalue weighted by Gasteiger charge is 2.23. The van der Waals surface area contributed by atoms with Crippen molar-refractivity contribution < 1.29 is 24.6 Å². The van der Waals surface area contributed by atoms with Crippen molar-refractivity contribution in [1.82, 2.24) is 4.98 Å². The number of aliphatic carboxylic acids is 1. The van der Waals surface area contributed by atoms with Crippen LogP contribution in [0.4, 0.5) is 5.69 Å². The Morgan fingerprint density at radius 1 is 1.15 bits per heavy atom. The van der Waals surface area contributed by atoms with Gasteiger partial charge in [-0.15, -0.1) is 0 Å². The van der Waals surface area contributed by atoms with Crippen LogP contribution in [0.1, 0.15) is 10.5 Å². The van der Waals surface area contributed by atoms with Gasteiger partial charge in [0.05, 0.1) is 16.2 Å². The number of benzene rings is 1. The molecule has 9 heteroatoms. The van der Waals surface area contributed by atoms with E-state index in [-0.39, 0.29) is 26.6 Å². The third kappa shape index (κ3) is 2.40. The van der Waals surface area contributed by atoms with Crippen LogP contribution in [0, 0.1) is 0 Å². The lowest BCUT2D eigenvalue weighted by molar-refractivity contribution is -0.147. The van der Waals surface area contributed by atoms with E-state index in [0.717, 1.165) is 0 Å². The van der Waals surface area contributed by atoms with Crippen LogP contribution >= 0.6 is 23.2 Å². The molecule has 1 aromatic heterocycles. The van der Waals surface area contributed by atoms with E-state index in [0.29, 0.717) is 0 Å². The van der Waals surface area contributed by atoms with Crippen LogP contribution in [-0.2, 0) is 9.59 Å². The third-order valence-electron chi connectivity index (χ3n) is 2.46. The molecule has 1 amide bonds. The molecule has 7 nitrogen and oxygen atoms in total. The summed E-state index contributed by atoms with van der Waals surface area (Å²) in [6, 6.07) is 2.76. The molecule has 20 heavy (non-hydrogen) atoms. The minimum absolute atomic E-state index is 0.0805. The molecule has 0 fully saturated rings. The number of carbonyl (C=O) groups excluding carboxylic acids is 1. The summed E-state index contributed by atoms with van der Waals surface area (Å²) < 4.78 is 0. The Labute approximate surface area is 121 Å². The average molecular weight is 317 g/mol. The van der Waals surface area contributed by atoms with Crippen molar-refractivity contribution in [2.75, 3.05) is 5.32 Å². The summed E-state index contributed by atoms with van der Waals surface area (Å²) in [7, 11) is 0. The Morgan fingerprint density at radius 3 is 2.35 bits per heavy atom. The summed E-state index contributed by atoms with van der Waals surface area (Å²) in [5.74, 6) is -4.51. The van der Waals surface area contributed by atoms with E-state index in [1.165, 1.54) is 12.1 Å². The van der Waals surface area contributed by atoms with E-state index in [1.54, 1.807) is 0 Å². The van der Waals surface area contributed by atoms with Crippen molar-refractivity contribution in [3.63, 3.8) is 0 Å². The summed E-state index contributed by atoms with van der Waals surface area (Å²) in [5, 5.41) is 20.2. The number of aromatic amines is 1. The molecule has 0 aliphatic carbocycles. The van der Waals surface area contributed by atoms with E-state index in [9.17, 15) is 14.4 Å². The highest BCUT2D eigenvalue weighted by Crippen LogP contribution is 2.36. The maximum Gasteiger partial charge on any atom is 0.394 e. The van der Waals surface area contributed by atoms with Gasteiger partial charge >= 0.3 is 17.8 Å². The smallest absolute Gasteiger partial charge is 0.394 e. The Morgan fingerprint density at radius 2 is 1.80 bits per heavy atom. The quantitative estimate of drug-likeness (QED) is 0.633. The molecule has 0 aliphatic heterocycles. The molecule has 0 saturated heterocycles. The first-order valence-corrected chi connectivity index (χ1v) is 5.85. The molecule has 0 aliphatic rings. The van der Waals surface area contributed by atoms with Crippen LogP contribution in [0.5, 0.6) is 0 Å². The van der Waals surface area contributed by atoms with E-state index >= 15 is 0 Å². The average Bonchev–Trinajstić information content (AvgIpc) is 2.67. The van der Waals surface area contributed by atoms with Crippen LogP contribution < -0.4 is 5.32 Å². The molecule has 0 radical (unpaired) electrons. The molecule has 0 atom stereocenters. The number of hydrogen-bond donors (Lipinski definition) is 4. The van der Waals surface area contributed by atoms with Gasteiger partial charge in [-0.25, -0.2) is 9.59 Å². The summed E-state index contributed by atoms with van der Waals surface area (Å²) in [6.45, 7) is 0. The Hall–Kier alpha value is -2.25. The van der Waals surface area contributed by atoms with Gasteiger partial charge in [0.25, 0.3) is 0 Å². The van der Waals surface area contributed by atoms with E-state index in [2.05, 4.69) is 4.98 Å². The maximum absolute atomic E-state index is 11.2. The predicted octanol–water partition coefficient (Wildman–Crippen LogP) is 2.20. The number of rotatable bonds is 2. The molecule has 1 heterocycles. The second kappa shape index (κ2) is 5.03. The van der Waals surface area contributed by atoms with Gasteiger partial charge in [-0.2, -0.15) is 0 Å². The van der Waals surface area contributed by atoms with Crippen molar-refractivity contribution >= 4 is 57.6 Å². The SMILES string of the molecule is O=C(O)C(=O)Nc1c(C(=O)O)[nH]c2cc(Cl)cc(Cl)c12. The zero-order valence-corrected chi connectivity index (χ0v) is 11.0. The second-order valence-electron chi connectivity index (χ2n) is 3.75. The highest BCUT2D eigenvalue weighted by molar-refractivity contribution is 6.42. The number of amides is 1. The van der Waals surface area contributed by atoms with Crippen LogP contribution in [0.2, 0.25) is 10.0 Å². The largest absolute Gasteiger partial charge is 0.477 e. The molecule has 0 spiro atoms. The molecule has 2 rings (SSSR count). The number of nitrogens with one attached hydrogen (secondary N) is 2. The molecule has 0 saturated carbocycles. The van der Waals surface area contributed by atoms with Crippen LogP contribution in [0.3, 0.4) is 0 Å². The van der Waals surface area contributed by atoms with Crippen molar-refractivity contribution in [2.45, 2.75) is 0 Å². The zero-order chi connectivity index (χ0) is 15.0. The summed E-state index contributed by atoms with van der Waals surface area (Å²) >= 11 is 11.7.